The van der Waals surface area contributed by atoms with Crippen LogP contribution in [0.3, 0.4) is 0 Å². The van der Waals surface area contributed by atoms with E-state index in [2.05, 4.69) is 34.5 Å². The normalized spacial score (nSPS) is 13.6. The highest BCUT2D eigenvalue weighted by molar-refractivity contribution is 5.96. The number of aryl methyl sites for hydroxylation is 1. The van der Waals surface area contributed by atoms with Gasteiger partial charge in [0.25, 0.3) is 11.8 Å². The van der Waals surface area contributed by atoms with Gasteiger partial charge in [0.15, 0.2) is 5.69 Å². The predicted octanol–water partition coefficient (Wildman–Crippen LogP) is 1.23. The van der Waals surface area contributed by atoms with Gasteiger partial charge in [-0.05, 0) is 12.3 Å². The molecule has 3 heterocycles. The second kappa shape index (κ2) is 9.01. The molecule has 9 heteroatoms. The average Bonchev–Trinajstić information content (AvgIpc) is 3.33. The minimum atomic E-state index is -0.228. The Labute approximate surface area is 164 Å². The van der Waals surface area contributed by atoms with Crippen LogP contribution in [-0.4, -0.2) is 63.5 Å². The lowest BCUT2D eigenvalue weighted by Gasteiger charge is -2.27. The molecule has 2 aromatic heterocycles. The molecule has 0 saturated heterocycles. The van der Waals surface area contributed by atoms with Crippen molar-refractivity contribution in [2.45, 2.75) is 39.8 Å². The number of H-pyrrole nitrogens is 1. The molecule has 0 saturated carbocycles. The lowest BCUT2D eigenvalue weighted by molar-refractivity contribution is 0.0730. The number of methoxy groups -OCH3 is 1. The Balaban J connectivity index is 1.84. The van der Waals surface area contributed by atoms with Crippen molar-refractivity contribution in [3.05, 3.63) is 34.9 Å². The number of carbonyl (C=O) groups excluding carboxylic acids is 2. The third kappa shape index (κ3) is 4.41. The van der Waals surface area contributed by atoms with Crippen LogP contribution in [0.15, 0.2) is 12.4 Å². The molecule has 0 unspecified atom stereocenters. The van der Waals surface area contributed by atoms with Crippen molar-refractivity contribution in [3.63, 3.8) is 0 Å². The molecule has 2 aromatic rings. The Morgan fingerprint density at radius 2 is 2.21 bits per heavy atom. The molecule has 0 bridgehead atoms. The Bertz CT molecular complexity index is 812. The monoisotopic (exact) mass is 388 g/mol. The molecule has 28 heavy (non-hydrogen) atoms. The van der Waals surface area contributed by atoms with Crippen LogP contribution in [0, 0.1) is 5.92 Å². The molecular formula is C19H28N6O3. The molecule has 0 aliphatic carbocycles. The number of nitrogens with one attached hydrogen (secondary N) is 2. The van der Waals surface area contributed by atoms with Crippen LogP contribution in [0.5, 0.6) is 0 Å². The summed E-state index contributed by atoms with van der Waals surface area (Å²) in [7, 11) is 1.59. The van der Waals surface area contributed by atoms with E-state index in [1.165, 1.54) is 6.20 Å². The Morgan fingerprint density at radius 3 is 2.89 bits per heavy atom. The molecule has 1 aliphatic heterocycles. The third-order valence-electron chi connectivity index (χ3n) is 4.89. The highest BCUT2D eigenvalue weighted by Crippen LogP contribution is 2.24. The molecule has 1 aliphatic rings. The molecule has 0 aromatic carbocycles. The minimum absolute atomic E-state index is 0.0972. The number of hydrogen-bond donors (Lipinski definition) is 2. The fourth-order valence-electron chi connectivity index (χ4n) is 3.31. The van der Waals surface area contributed by atoms with Crippen LogP contribution in [0.2, 0.25) is 0 Å². The van der Waals surface area contributed by atoms with Gasteiger partial charge in [0.2, 0.25) is 0 Å². The van der Waals surface area contributed by atoms with E-state index >= 15 is 0 Å². The highest BCUT2D eigenvalue weighted by Gasteiger charge is 2.30. The Morgan fingerprint density at radius 1 is 1.39 bits per heavy atom. The van der Waals surface area contributed by atoms with E-state index in [4.69, 9.17) is 4.74 Å². The number of carbonyl (C=O) groups is 2. The smallest absolute Gasteiger partial charge is 0.272 e. The summed E-state index contributed by atoms with van der Waals surface area (Å²) >= 11 is 0. The molecule has 0 radical (unpaired) electrons. The van der Waals surface area contributed by atoms with Crippen LogP contribution in [-0.2, 0) is 24.2 Å². The highest BCUT2D eigenvalue weighted by atomic mass is 16.5. The first-order valence-electron chi connectivity index (χ1n) is 9.65. The predicted molar refractivity (Wildman–Crippen MR) is 103 cm³/mol. The Hall–Kier alpha value is -2.68. The summed E-state index contributed by atoms with van der Waals surface area (Å²) in [6.07, 6.45) is 4.76. The van der Waals surface area contributed by atoms with Crippen molar-refractivity contribution in [2.75, 3.05) is 26.8 Å². The topological polar surface area (TPSA) is 105 Å². The van der Waals surface area contributed by atoms with Crippen LogP contribution in [0.4, 0.5) is 0 Å². The van der Waals surface area contributed by atoms with Crippen LogP contribution in [0.25, 0.3) is 0 Å². The maximum absolute atomic E-state index is 12.7. The number of aromatic nitrogens is 4. The number of ether oxygens (including phenoxy) is 1. The number of aromatic amines is 1. The number of nitrogens with zero attached hydrogens (tertiary/aromatic N) is 4. The van der Waals surface area contributed by atoms with Crippen molar-refractivity contribution in [1.29, 1.82) is 0 Å². The molecule has 2 N–H and O–H groups in total. The van der Waals surface area contributed by atoms with Crippen molar-refractivity contribution < 1.29 is 14.3 Å². The van der Waals surface area contributed by atoms with Gasteiger partial charge in [-0.25, -0.2) is 0 Å². The summed E-state index contributed by atoms with van der Waals surface area (Å²) in [5.41, 5.74) is 2.80. The fourth-order valence-corrected chi connectivity index (χ4v) is 3.31. The van der Waals surface area contributed by atoms with Gasteiger partial charge in [-0.2, -0.15) is 10.2 Å². The minimum Gasteiger partial charge on any atom is -0.383 e. The zero-order chi connectivity index (χ0) is 20.1. The van der Waals surface area contributed by atoms with Gasteiger partial charge < -0.3 is 15.0 Å². The molecule has 9 nitrogen and oxygen atoms in total. The van der Waals surface area contributed by atoms with Gasteiger partial charge in [0, 0.05) is 50.6 Å². The summed E-state index contributed by atoms with van der Waals surface area (Å²) in [6, 6.07) is 0. The molecule has 3 rings (SSSR count). The number of amides is 2. The SMILES string of the molecule is COCCNC(=O)c1nn(CCC(C)C)c2c1CN(C(=O)c1cn[nH]c1)CC2. The van der Waals surface area contributed by atoms with Crippen molar-refractivity contribution >= 4 is 11.8 Å². The first kappa shape index (κ1) is 20.1. The average molecular weight is 388 g/mol. The van der Waals surface area contributed by atoms with E-state index in [0.29, 0.717) is 49.8 Å². The summed E-state index contributed by atoms with van der Waals surface area (Å²) in [4.78, 5) is 27.1. The third-order valence-corrected chi connectivity index (χ3v) is 4.89. The summed E-state index contributed by atoms with van der Waals surface area (Å²) in [6.45, 7) is 6.91. The van der Waals surface area contributed by atoms with Gasteiger partial charge in [-0.15, -0.1) is 0 Å². The lowest BCUT2D eigenvalue weighted by Crippen LogP contribution is -2.37. The van der Waals surface area contributed by atoms with Gasteiger partial charge in [-0.3, -0.25) is 19.4 Å². The summed E-state index contributed by atoms with van der Waals surface area (Å²) in [5, 5.41) is 14.0. The molecular weight excluding hydrogens is 360 g/mol. The Kier molecular flexibility index (Phi) is 6.45. The van der Waals surface area contributed by atoms with E-state index in [1.54, 1.807) is 18.2 Å². The zero-order valence-electron chi connectivity index (χ0n) is 16.7. The van der Waals surface area contributed by atoms with Gasteiger partial charge in [-0.1, -0.05) is 13.8 Å². The van der Waals surface area contributed by atoms with E-state index in [-0.39, 0.29) is 11.8 Å². The van der Waals surface area contributed by atoms with E-state index in [9.17, 15) is 9.59 Å². The number of rotatable bonds is 8. The van der Waals surface area contributed by atoms with Crippen LogP contribution < -0.4 is 5.32 Å². The number of fused-ring (bicyclic) bond motifs is 1. The van der Waals surface area contributed by atoms with Crippen molar-refractivity contribution in [1.82, 2.24) is 30.2 Å². The second-order valence-electron chi connectivity index (χ2n) is 7.39. The first-order valence-corrected chi connectivity index (χ1v) is 9.65. The van der Waals surface area contributed by atoms with Crippen molar-refractivity contribution in [3.8, 4) is 0 Å². The maximum atomic E-state index is 12.7. The second-order valence-corrected chi connectivity index (χ2v) is 7.39. The van der Waals surface area contributed by atoms with E-state index < -0.39 is 0 Å². The van der Waals surface area contributed by atoms with Gasteiger partial charge in [0.1, 0.15) is 0 Å². The molecule has 0 spiro atoms. The van der Waals surface area contributed by atoms with E-state index in [1.807, 2.05) is 4.68 Å². The van der Waals surface area contributed by atoms with Crippen molar-refractivity contribution in [2.24, 2.45) is 5.92 Å². The molecule has 2 amide bonds. The molecule has 152 valence electrons. The largest absolute Gasteiger partial charge is 0.383 e. The molecule has 0 atom stereocenters. The quantitative estimate of drug-likeness (QED) is 0.662. The van der Waals surface area contributed by atoms with Crippen LogP contribution in [0.1, 0.15) is 52.4 Å². The van der Waals surface area contributed by atoms with Gasteiger partial charge >= 0.3 is 0 Å². The lowest BCUT2D eigenvalue weighted by atomic mass is 10.0. The zero-order valence-corrected chi connectivity index (χ0v) is 16.7. The standard InChI is InChI=1S/C19H28N6O3/c1-13(2)4-8-25-16-5-7-24(19(27)14-10-21-22-11-14)12-15(16)17(23-25)18(26)20-6-9-28-3/h10-11,13H,4-9,12H2,1-3H3,(H,20,26)(H,21,22). The van der Waals surface area contributed by atoms with Crippen LogP contribution >= 0.6 is 0 Å². The first-order chi connectivity index (χ1) is 13.5. The molecule has 0 fully saturated rings. The van der Waals surface area contributed by atoms with Gasteiger partial charge in [0.05, 0.1) is 24.9 Å². The summed E-state index contributed by atoms with van der Waals surface area (Å²) in [5.74, 6) is 0.218. The maximum Gasteiger partial charge on any atom is 0.272 e. The fraction of sp³-hybridized carbons (Fsp3) is 0.579. The number of hydrogen-bond acceptors (Lipinski definition) is 5. The summed E-state index contributed by atoms with van der Waals surface area (Å²) < 4.78 is 6.94. The van der Waals surface area contributed by atoms with E-state index in [0.717, 1.165) is 24.2 Å².